The number of carbonyl (C=O) groups is 1. The van der Waals surface area contributed by atoms with Gasteiger partial charge >= 0.3 is 5.97 Å². The highest BCUT2D eigenvalue weighted by Gasteiger charge is 2.41. The molecule has 0 amide bonds. The highest BCUT2D eigenvalue weighted by molar-refractivity contribution is 5.73. The topological polar surface area (TPSA) is 61.1 Å². The van der Waals surface area contributed by atoms with Crippen LogP contribution in [0.3, 0.4) is 0 Å². The molecule has 1 N–H and O–H groups in total. The molecule has 1 saturated carbocycles. The highest BCUT2D eigenvalue weighted by atomic mass is 16.4. The second kappa shape index (κ2) is 11.5. The maximum Gasteiger partial charge on any atom is 0.320 e. The lowest BCUT2D eigenvalue weighted by Gasteiger charge is -2.35. The van der Waals surface area contributed by atoms with Crippen LogP contribution >= 0.6 is 0 Å². The number of aryl methyl sites for hydroxylation is 1. The van der Waals surface area contributed by atoms with Crippen LogP contribution < -0.4 is 0 Å². The van der Waals surface area contributed by atoms with Crippen LogP contribution in [0.15, 0.2) is 48.8 Å². The maximum absolute atomic E-state index is 12.4. The Balaban J connectivity index is 1.14. The number of aromatic nitrogens is 2. The van der Waals surface area contributed by atoms with Crippen molar-refractivity contribution in [3.05, 3.63) is 71.2 Å². The molecule has 3 atom stereocenters. The van der Waals surface area contributed by atoms with Gasteiger partial charge in [0.15, 0.2) is 0 Å². The highest BCUT2D eigenvalue weighted by Crippen LogP contribution is 2.39. The van der Waals surface area contributed by atoms with Gasteiger partial charge in [-0.25, -0.2) is 4.98 Å². The van der Waals surface area contributed by atoms with Crippen LogP contribution in [0, 0.1) is 18.8 Å². The number of carboxylic acid groups (broad SMARTS) is 1. The van der Waals surface area contributed by atoms with E-state index in [1.807, 2.05) is 0 Å². The van der Waals surface area contributed by atoms with Crippen LogP contribution in [0.5, 0.6) is 0 Å². The van der Waals surface area contributed by atoms with Crippen molar-refractivity contribution < 1.29 is 9.90 Å². The van der Waals surface area contributed by atoms with Gasteiger partial charge in [-0.2, -0.15) is 0 Å². The molecule has 220 valence electrons. The van der Waals surface area contributed by atoms with E-state index >= 15 is 0 Å². The summed E-state index contributed by atoms with van der Waals surface area (Å²) in [7, 11) is 0. The molecule has 3 fully saturated rings. The van der Waals surface area contributed by atoms with Crippen molar-refractivity contribution in [3.63, 3.8) is 0 Å². The molecule has 41 heavy (non-hydrogen) atoms. The predicted octanol–water partition coefficient (Wildman–Crippen LogP) is 6.48. The molecule has 6 rings (SSSR count). The summed E-state index contributed by atoms with van der Waals surface area (Å²) >= 11 is 0. The van der Waals surface area contributed by atoms with E-state index in [1.165, 1.54) is 41.6 Å². The van der Waals surface area contributed by atoms with Crippen molar-refractivity contribution in [1.29, 1.82) is 0 Å². The monoisotopic (exact) mass is 556 g/mol. The van der Waals surface area contributed by atoms with E-state index in [0.29, 0.717) is 23.7 Å². The normalized spacial score (nSPS) is 24.1. The third-order valence-electron chi connectivity index (χ3n) is 10.4. The fourth-order valence-electron chi connectivity index (χ4n) is 7.58. The van der Waals surface area contributed by atoms with Crippen LogP contribution in [-0.4, -0.2) is 69.0 Å². The number of imidazole rings is 1. The predicted molar refractivity (Wildman–Crippen MR) is 165 cm³/mol. The van der Waals surface area contributed by atoms with Gasteiger partial charge in [-0.05, 0) is 79.8 Å². The van der Waals surface area contributed by atoms with Crippen molar-refractivity contribution >= 4 is 11.6 Å². The average molecular weight is 557 g/mol. The van der Waals surface area contributed by atoms with Crippen LogP contribution in [-0.2, 0) is 10.2 Å². The molecule has 0 radical (unpaired) electrons. The first-order valence-corrected chi connectivity index (χ1v) is 15.9. The smallest absolute Gasteiger partial charge is 0.320 e. The lowest BCUT2D eigenvalue weighted by Crippen LogP contribution is -2.43. The Kier molecular flexibility index (Phi) is 7.99. The zero-order chi connectivity index (χ0) is 28.7. The number of hydrogen-bond donors (Lipinski definition) is 1. The average Bonchev–Trinajstić information content (AvgIpc) is 3.52. The standard InChI is InChI=1S/C35H48N4O2/c1-24-7-5-10-27(17-24)30-23-38(31(34(40)41)18-25-8-6-9-25)22-28(30)21-37-14-11-26(12-15-37)32-20-36-33-19-29(35(2,3)4)13-16-39(32)33/h5,7,10,13,16-17,19-20,25-26,28,30-31H,6,8-9,11-12,14-15,18,21-23H2,1-4H3,(H,40,41)/t28-,30+,31+/m0/s1. The lowest BCUT2D eigenvalue weighted by molar-refractivity contribution is -0.144. The molecule has 3 aliphatic rings. The first kappa shape index (κ1) is 28.4. The largest absolute Gasteiger partial charge is 0.480 e. The molecular weight excluding hydrogens is 508 g/mol. The number of benzene rings is 1. The van der Waals surface area contributed by atoms with Crippen molar-refractivity contribution in [1.82, 2.24) is 19.2 Å². The van der Waals surface area contributed by atoms with E-state index in [4.69, 9.17) is 4.98 Å². The van der Waals surface area contributed by atoms with Crippen LogP contribution in [0.1, 0.15) is 93.5 Å². The summed E-state index contributed by atoms with van der Waals surface area (Å²) < 4.78 is 2.30. The number of rotatable bonds is 8. The summed E-state index contributed by atoms with van der Waals surface area (Å²) in [5.74, 6) is 1.30. The molecule has 0 bridgehead atoms. The Morgan fingerprint density at radius 3 is 2.51 bits per heavy atom. The van der Waals surface area contributed by atoms with Crippen LogP contribution in [0.2, 0.25) is 0 Å². The molecule has 1 aromatic carbocycles. The van der Waals surface area contributed by atoms with Gasteiger partial charge in [-0.1, -0.05) is 69.9 Å². The van der Waals surface area contributed by atoms with Crippen molar-refractivity contribution in [2.75, 3.05) is 32.7 Å². The second-order valence-electron chi connectivity index (χ2n) is 14.3. The molecule has 6 nitrogen and oxygen atoms in total. The molecule has 3 aromatic rings. The van der Waals surface area contributed by atoms with Gasteiger partial charge in [0.2, 0.25) is 0 Å². The first-order chi connectivity index (χ1) is 19.7. The molecule has 4 heterocycles. The number of piperidine rings is 1. The minimum Gasteiger partial charge on any atom is -0.480 e. The van der Waals surface area contributed by atoms with Gasteiger partial charge in [-0.3, -0.25) is 9.69 Å². The number of hydrogen-bond acceptors (Lipinski definition) is 4. The van der Waals surface area contributed by atoms with E-state index < -0.39 is 5.97 Å². The molecule has 6 heteroatoms. The summed E-state index contributed by atoms with van der Waals surface area (Å²) in [5.41, 5.74) is 6.49. The summed E-state index contributed by atoms with van der Waals surface area (Å²) in [6.07, 6.45) is 11.0. The number of carboxylic acids is 1. The molecule has 0 unspecified atom stereocenters. The number of likely N-dealkylation sites (tertiary alicyclic amines) is 2. The Hall–Kier alpha value is -2.70. The quantitative estimate of drug-likeness (QED) is 0.344. The van der Waals surface area contributed by atoms with E-state index in [1.54, 1.807) is 0 Å². The van der Waals surface area contributed by atoms with Gasteiger partial charge in [0.05, 0.1) is 0 Å². The van der Waals surface area contributed by atoms with E-state index in [2.05, 4.69) is 90.7 Å². The zero-order valence-corrected chi connectivity index (χ0v) is 25.4. The number of fused-ring (bicyclic) bond motifs is 1. The fraction of sp³-hybridized carbons (Fsp3) is 0.600. The summed E-state index contributed by atoms with van der Waals surface area (Å²) in [4.78, 5) is 22.2. The van der Waals surface area contributed by atoms with Crippen molar-refractivity contribution in [3.8, 4) is 0 Å². The number of nitrogens with zero attached hydrogens (tertiary/aromatic N) is 4. The van der Waals surface area contributed by atoms with Crippen molar-refractivity contribution in [2.24, 2.45) is 11.8 Å². The van der Waals surface area contributed by atoms with E-state index in [0.717, 1.165) is 57.6 Å². The van der Waals surface area contributed by atoms with E-state index in [9.17, 15) is 9.90 Å². The number of aliphatic carboxylic acids is 1. The molecule has 1 aliphatic carbocycles. The lowest BCUT2D eigenvalue weighted by atomic mass is 9.80. The Labute approximate surface area is 245 Å². The molecule has 2 saturated heterocycles. The molecule has 2 aromatic heterocycles. The number of pyridine rings is 1. The molecule has 2 aliphatic heterocycles. The SMILES string of the molecule is Cc1cccc([C@H]2CN([C@H](CC3CCC3)C(=O)O)C[C@@H]2CN2CCC(c3cnc4cc(C(C)(C)C)ccn34)CC2)c1. The summed E-state index contributed by atoms with van der Waals surface area (Å²) in [6, 6.07) is 13.1. The second-order valence-corrected chi connectivity index (χ2v) is 14.3. The fourth-order valence-corrected chi connectivity index (χ4v) is 7.58. The van der Waals surface area contributed by atoms with Gasteiger partial charge in [0, 0.05) is 49.6 Å². The minimum atomic E-state index is -0.635. The van der Waals surface area contributed by atoms with Crippen LogP contribution in [0.4, 0.5) is 0 Å². The van der Waals surface area contributed by atoms with Gasteiger partial charge in [0.25, 0.3) is 0 Å². The van der Waals surface area contributed by atoms with Crippen molar-refractivity contribution in [2.45, 2.75) is 89.5 Å². The Morgan fingerprint density at radius 1 is 1.07 bits per heavy atom. The summed E-state index contributed by atoms with van der Waals surface area (Å²) in [6.45, 7) is 13.9. The van der Waals surface area contributed by atoms with Crippen LogP contribution in [0.25, 0.3) is 5.65 Å². The van der Waals surface area contributed by atoms with Gasteiger partial charge < -0.3 is 14.4 Å². The van der Waals surface area contributed by atoms with E-state index in [-0.39, 0.29) is 11.5 Å². The Bertz CT molecular complexity index is 1360. The van der Waals surface area contributed by atoms with Gasteiger partial charge in [0.1, 0.15) is 11.7 Å². The Morgan fingerprint density at radius 2 is 1.85 bits per heavy atom. The maximum atomic E-state index is 12.4. The third-order valence-corrected chi connectivity index (χ3v) is 10.4. The zero-order valence-electron chi connectivity index (χ0n) is 25.4. The van der Waals surface area contributed by atoms with Gasteiger partial charge in [-0.15, -0.1) is 0 Å². The minimum absolute atomic E-state index is 0.118. The molecular formula is C35H48N4O2. The first-order valence-electron chi connectivity index (χ1n) is 15.9. The third kappa shape index (κ3) is 6.10. The molecule has 0 spiro atoms. The summed E-state index contributed by atoms with van der Waals surface area (Å²) in [5, 5.41) is 10.2.